The van der Waals surface area contributed by atoms with Gasteiger partial charge in [0, 0.05) is 50.6 Å². The van der Waals surface area contributed by atoms with Gasteiger partial charge in [0.1, 0.15) is 0 Å². The Balaban J connectivity index is 1.59. The van der Waals surface area contributed by atoms with E-state index in [4.69, 9.17) is 32.7 Å². The van der Waals surface area contributed by atoms with Crippen molar-refractivity contribution in [2.45, 2.75) is 43.6 Å². The lowest BCUT2D eigenvalue weighted by atomic mass is 9.97. The predicted molar refractivity (Wildman–Crippen MR) is 110 cm³/mol. The van der Waals surface area contributed by atoms with E-state index in [1.54, 1.807) is 18.2 Å². The fourth-order valence-corrected chi connectivity index (χ4v) is 4.96. The third-order valence-corrected chi connectivity index (χ3v) is 6.87. The number of hydrogen-bond donors (Lipinski definition) is 0. The van der Waals surface area contributed by atoms with Gasteiger partial charge in [-0.3, -0.25) is 9.69 Å². The van der Waals surface area contributed by atoms with Crippen LogP contribution in [0.3, 0.4) is 0 Å². The quantitative estimate of drug-likeness (QED) is 0.687. The van der Waals surface area contributed by atoms with Gasteiger partial charge < -0.3 is 14.4 Å². The van der Waals surface area contributed by atoms with Crippen LogP contribution in [0.2, 0.25) is 10.0 Å². The summed E-state index contributed by atoms with van der Waals surface area (Å²) in [6, 6.07) is 5.31. The van der Waals surface area contributed by atoms with Gasteiger partial charge in [0.2, 0.25) is 0 Å². The summed E-state index contributed by atoms with van der Waals surface area (Å²) in [5, 5.41) is 0.850. The van der Waals surface area contributed by atoms with E-state index in [1.165, 1.54) is 0 Å². The van der Waals surface area contributed by atoms with Crippen molar-refractivity contribution >= 4 is 29.1 Å². The highest BCUT2D eigenvalue weighted by Gasteiger charge is 2.46. The summed E-state index contributed by atoms with van der Waals surface area (Å²) < 4.78 is 12.1. The molecule has 3 aliphatic rings. The summed E-state index contributed by atoms with van der Waals surface area (Å²) in [4.78, 5) is 17.5. The average molecular weight is 425 g/mol. The number of carbonyl (C=O) groups is 1. The summed E-state index contributed by atoms with van der Waals surface area (Å²) in [6.45, 7) is 3.08. The molecule has 0 N–H and O–H groups in total. The van der Waals surface area contributed by atoms with Gasteiger partial charge in [0.25, 0.3) is 5.91 Å². The van der Waals surface area contributed by atoms with Crippen LogP contribution in [0.5, 0.6) is 0 Å². The molecule has 1 amide bonds. The van der Waals surface area contributed by atoms with Crippen LogP contribution in [0.15, 0.2) is 30.4 Å². The second-order valence-corrected chi connectivity index (χ2v) is 8.62. The number of halogens is 2. The monoisotopic (exact) mass is 424 g/mol. The molecule has 5 nitrogen and oxygen atoms in total. The minimum Gasteiger partial charge on any atom is -0.347 e. The van der Waals surface area contributed by atoms with Crippen molar-refractivity contribution in [3.8, 4) is 0 Å². The van der Waals surface area contributed by atoms with Gasteiger partial charge >= 0.3 is 0 Å². The molecule has 1 spiro atoms. The zero-order chi connectivity index (χ0) is 19.7. The minimum absolute atomic E-state index is 0.0371. The Hall–Kier alpha value is -1.11. The molecule has 2 heterocycles. The summed E-state index contributed by atoms with van der Waals surface area (Å²) in [5.74, 6) is -0.542. The Morgan fingerprint density at radius 1 is 1.18 bits per heavy atom. The maximum atomic E-state index is 13.2. The number of likely N-dealkylation sites (N-methyl/N-ethyl adjacent to an activating group) is 1. The smallest absolute Gasteiger partial charge is 0.253 e. The Kier molecular flexibility index (Phi) is 6.00. The molecule has 1 aromatic rings. The van der Waals surface area contributed by atoms with Gasteiger partial charge in [-0.25, -0.2) is 0 Å². The Morgan fingerprint density at radius 3 is 2.57 bits per heavy atom. The Morgan fingerprint density at radius 2 is 1.89 bits per heavy atom. The van der Waals surface area contributed by atoms with E-state index in [9.17, 15) is 4.79 Å². The SMILES string of the molecule is CN(C(=O)c1ccc(Cl)c(Cl)c1)C1CCCC2(CC1N1CC=CC1)OCCO2. The van der Waals surface area contributed by atoms with Crippen LogP contribution < -0.4 is 0 Å². The van der Waals surface area contributed by atoms with Crippen LogP contribution in [0.4, 0.5) is 0 Å². The van der Waals surface area contributed by atoms with Crippen LogP contribution in [-0.2, 0) is 9.47 Å². The van der Waals surface area contributed by atoms with Gasteiger partial charge in [-0.1, -0.05) is 35.4 Å². The molecule has 2 fully saturated rings. The van der Waals surface area contributed by atoms with Crippen molar-refractivity contribution in [1.82, 2.24) is 9.80 Å². The molecule has 0 radical (unpaired) electrons. The van der Waals surface area contributed by atoms with Gasteiger partial charge in [0.15, 0.2) is 5.79 Å². The minimum atomic E-state index is -0.504. The Bertz CT molecular complexity index is 756. The van der Waals surface area contributed by atoms with Crippen molar-refractivity contribution in [3.05, 3.63) is 46.0 Å². The summed E-state index contributed by atoms with van der Waals surface area (Å²) in [5.41, 5.74) is 0.558. The molecule has 4 rings (SSSR count). The molecule has 1 aliphatic carbocycles. The van der Waals surface area contributed by atoms with E-state index in [0.717, 1.165) is 38.8 Å². The maximum absolute atomic E-state index is 13.2. The zero-order valence-corrected chi connectivity index (χ0v) is 17.6. The first-order valence-electron chi connectivity index (χ1n) is 9.88. The summed E-state index contributed by atoms with van der Waals surface area (Å²) >= 11 is 12.2. The van der Waals surface area contributed by atoms with Crippen LogP contribution in [-0.4, -0.2) is 66.9 Å². The fourth-order valence-electron chi connectivity index (χ4n) is 4.66. The normalized spacial score (nSPS) is 27.2. The first-order chi connectivity index (χ1) is 13.5. The van der Waals surface area contributed by atoms with Gasteiger partial charge in [0.05, 0.1) is 23.3 Å². The number of benzene rings is 1. The van der Waals surface area contributed by atoms with Gasteiger partial charge in [-0.15, -0.1) is 0 Å². The van der Waals surface area contributed by atoms with Crippen LogP contribution >= 0.6 is 23.2 Å². The number of amides is 1. The number of ether oxygens (including phenoxy) is 2. The van der Waals surface area contributed by atoms with Gasteiger partial charge in [-0.2, -0.15) is 0 Å². The van der Waals surface area contributed by atoms with Crippen LogP contribution in [0.1, 0.15) is 36.0 Å². The first kappa shape index (κ1) is 20.2. The highest BCUT2D eigenvalue weighted by atomic mass is 35.5. The van der Waals surface area contributed by atoms with Crippen molar-refractivity contribution < 1.29 is 14.3 Å². The second-order valence-electron chi connectivity index (χ2n) is 7.81. The molecule has 2 atom stereocenters. The standard InChI is InChI=1S/C21H26Cl2N2O3/c1-24(20(26)15-6-7-16(22)17(23)13-15)18-5-4-8-21(27-11-12-28-21)14-19(18)25-9-2-3-10-25/h2-3,6-7,13,18-19H,4-5,8-12,14H2,1H3. The lowest BCUT2D eigenvalue weighted by Gasteiger charge is -2.40. The summed E-state index contributed by atoms with van der Waals surface area (Å²) in [7, 11) is 1.89. The van der Waals surface area contributed by atoms with Crippen molar-refractivity contribution in [2.75, 3.05) is 33.4 Å². The van der Waals surface area contributed by atoms with Crippen molar-refractivity contribution in [2.24, 2.45) is 0 Å². The number of carbonyl (C=O) groups excluding carboxylic acids is 1. The largest absolute Gasteiger partial charge is 0.347 e. The molecular formula is C21H26Cl2N2O3. The molecule has 2 unspecified atom stereocenters. The van der Waals surface area contributed by atoms with E-state index < -0.39 is 5.79 Å². The topological polar surface area (TPSA) is 42.0 Å². The molecule has 1 aromatic carbocycles. The molecular weight excluding hydrogens is 399 g/mol. The van der Waals surface area contributed by atoms with Gasteiger partial charge in [-0.05, 0) is 31.0 Å². The number of nitrogens with zero attached hydrogens (tertiary/aromatic N) is 2. The van der Waals surface area contributed by atoms with E-state index in [0.29, 0.717) is 28.8 Å². The van der Waals surface area contributed by atoms with E-state index in [-0.39, 0.29) is 18.0 Å². The van der Waals surface area contributed by atoms with Crippen LogP contribution in [0.25, 0.3) is 0 Å². The molecule has 7 heteroatoms. The Labute approximate surface area is 176 Å². The highest BCUT2D eigenvalue weighted by molar-refractivity contribution is 6.42. The lowest BCUT2D eigenvalue weighted by Crippen LogP contribution is -2.53. The summed E-state index contributed by atoms with van der Waals surface area (Å²) in [6.07, 6.45) is 7.90. The lowest BCUT2D eigenvalue weighted by molar-refractivity contribution is -0.173. The number of rotatable bonds is 3. The molecule has 1 saturated heterocycles. The molecule has 152 valence electrons. The molecule has 1 saturated carbocycles. The molecule has 0 aromatic heterocycles. The predicted octanol–water partition coefficient (Wildman–Crippen LogP) is 3.99. The molecule has 28 heavy (non-hydrogen) atoms. The third kappa shape index (κ3) is 3.96. The second kappa shape index (κ2) is 8.33. The van der Waals surface area contributed by atoms with Crippen molar-refractivity contribution in [1.29, 1.82) is 0 Å². The molecule has 2 aliphatic heterocycles. The average Bonchev–Trinajstić information content (AvgIpc) is 3.34. The third-order valence-electron chi connectivity index (χ3n) is 6.14. The van der Waals surface area contributed by atoms with E-state index in [1.807, 2.05) is 11.9 Å². The molecule has 0 bridgehead atoms. The zero-order valence-electron chi connectivity index (χ0n) is 16.1. The van der Waals surface area contributed by atoms with E-state index >= 15 is 0 Å². The fraction of sp³-hybridized carbons (Fsp3) is 0.571. The highest BCUT2D eigenvalue weighted by Crippen LogP contribution is 2.38. The number of hydrogen-bond acceptors (Lipinski definition) is 4. The van der Waals surface area contributed by atoms with E-state index in [2.05, 4.69) is 17.1 Å². The van der Waals surface area contributed by atoms with Crippen LogP contribution in [0, 0.1) is 0 Å². The van der Waals surface area contributed by atoms with Crippen molar-refractivity contribution in [3.63, 3.8) is 0 Å². The maximum Gasteiger partial charge on any atom is 0.253 e. The first-order valence-corrected chi connectivity index (χ1v) is 10.6.